The second-order valence-electron chi connectivity index (χ2n) is 6.08. The highest BCUT2D eigenvalue weighted by Gasteiger charge is 2.07. The first-order valence-electron chi connectivity index (χ1n) is 9.04. The summed E-state index contributed by atoms with van der Waals surface area (Å²) in [6, 6.07) is 29.3. The van der Waals surface area contributed by atoms with E-state index in [1.807, 2.05) is 12.1 Å². The summed E-state index contributed by atoms with van der Waals surface area (Å²) in [4.78, 5) is 7.36. The first-order valence-corrected chi connectivity index (χ1v) is 10.7. The average Bonchev–Trinajstić information content (AvgIpc) is 2.73. The largest absolute Gasteiger partial charge is 0.241 e. The van der Waals surface area contributed by atoms with E-state index in [1.54, 1.807) is 23.5 Å². The molecule has 1 nitrogen and oxygen atoms in total. The van der Waals surface area contributed by atoms with E-state index in [0.29, 0.717) is 0 Å². The molecule has 0 saturated carbocycles. The summed E-state index contributed by atoms with van der Waals surface area (Å²) < 4.78 is 0. The molecule has 0 atom stereocenters. The SMILES string of the molecule is CCc1ccc(N=C(Sc2ccccc2)/C(C)=C/Sc2ccccc2)cc1. The molecule has 0 aliphatic heterocycles. The summed E-state index contributed by atoms with van der Waals surface area (Å²) in [5, 5.41) is 3.21. The van der Waals surface area contributed by atoms with E-state index in [2.05, 4.69) is 92.1 Å². The smallest absolute Gasteiger partial charge is 0.105 e. The summed E-state index contributed by atoms with van der Waals surface area (Å²) in [6.07, 6.45) is 1.04. The summed E-state index contributed by atoms with van der Waals surface area (Å²) in [5.74, 6) is 0. The van der Waals surface area contributed by atoms with Gasteiger partial charge in [-0.25, -0.2) is 4.99 Å². The third-order valence-electron chi connectivity index (χ3n) is 3.99. The topological polar surface area (TPSA) is 12.4 Å². The van der Waals surface area contributed by atoms with Gasteiger partial charge in [0.2, 0.25) is 0 Å². The van der Waals surface area contributed by atoms with Gasteiger partial charge in [0.15, 0.2) is 0 Å². The molecule has 0 fully saturated rings. The molecule has 0 N–H and O–H groups in total. The lowest BCUT2D eigenvalue weighted by Crippen LogP contribution is -1.94. The van der Waals surface area contributed by atoms with Crippen LogP contribution in [0.2, 0.25) is 0 Å². The zero-order valence-electron chi connectivity index (χ0n) is 15.6. The molecule has 3 aromatic rings. The molecule has 0 aliphatic carbocycles. The van der Waals surface area contributed by atoms with Crippen LogP contribution in [0.3, 0.4) is 0 Å². The summed E-state index contributed by atoms with van der Waals surface area (Å²) in [6.45, 7) is 4.30. The lowest BCUT2D eigenvalue weighted by molar-refractivity contribution is 1.14. The van der Waals surface area contributed by atoms with Crippen molar-refractivity contribution in [1.29, 1.82) is 0 Å². The minimum atomic E-state index is 0.989. The minimum absolute atomic E-state index is 0.989. The second kappa shape index (κ2) is 10.2. The number of rotatable bonds is 6. The Hall–Kier alpha value is -2.23. The van der Waals surface area contributed by atoms with Gasteiger partial charge in [-0.15, -0.1) is 0 Å². The molecule has 3 rings (SSSR count). The maximum absolute atomic E-state index is 4.94. The molecule has 0 spiro atoms. The van der Waals surface area contributed by atoms with Crippen molar-refractivity contribution in [2.45, 2.75) is 30.1 Å². The Morgan fingerprint density at radius 1 is 0.815 bits per heavy atom. The monoisotopic (exact) mass is 389 g/mol. The quantitative estimate of drug-likeness (QED) is 0.242. The molecular formula is C24H23NS2. The van der Waals surface area contributed by atoms with Gasteiger partial charge in [-0.2, -0.15) is 0 Å². The highest BCUT2D eigenvalue weighted by Crippen LogP contribution is 2.29. The predicted octanol–water partition coefficient (Wildman–Crippen LogP) is 7.77. The van der Waals surface area contributed by atoms with Gasteiger partial charge in [-0.05, 0) is 66.3 Å². The maximum atomic E-state index is 4.94. The molecule has 0 amide bonds. The number of benzene rings is 3. The van der Waals surface area contributed by atoms with Gasteiger partial charge in [0.05, 0.1) is 5.69 Å². The van der Waals surface area contributed by atoms with E-state index in [9.17, 15) is 0 Å². The second-order valence-corrected chi connectivity index (χ2v) is 8.09. The Kier molecular flexibility index (Phi) is 7.37. The van der Waals surface area contributed by atoms with E-state index < -0.39 is 0 Å². The van der Waals surface area contributed by atoms with Gasteiger partial charge in [0, 0.05) is 9.79 Å². The number of aliphatic imine (C=N–C) groups is 1. The molecule has 0 saturated heterocycles. The Balaban J connectivity index is 1.87. The first-order chi connectivity index (χ1) is 13.2. The molecule has 0 bridgehead atoms. The Morgan fingerprint density at radius 2 is 1.41 bits per heavy atom. The van der Waals surface area contributed by atoms with E-state index in [1.165, 1.54) is 15.4 Å². The van der Waals surface area contributed by atoms with Crippen molar-refractivity contribution in [2.24, 2.45) is 4.99 Å². The van der Waals surface area contributed by atoms with Crippen LogP contribution in [0.4, 0.5) is 5.69 Å². The molecule has 3 aromatic carbocycles. The van der Waals surface area contributed by atoms with Crippen LogP contribution in [-0.2, 0) is 6.42 Å². The normalized spacial score (nSPS) is 12.2. The van der Waals surface area contributed by atoms with Crippen LogP contribution in [0.1, 0.15) is 19.4 Å². The highest BCUT2D eigenvalue weighted by atomic mass is 32.2. The molecule has 0 aromatic heterocycles. The average molecular weight is 390 g/mol. The van der Waals surface area contributed by atoms with Gasteiger partial charge < -0.3 is 0 Å². The van der Waals surface area contributed by atoms with E-state index in [0.717, 1.165) is 22.7 Å². The van der Waals surface area contributed by atoms with Gasteiger partial charge >= 0.3 is 0 Å². The van der Waals surface area contributed by atoms with E-state index >= 15 is 0 Å². The number of thioether (sulfide) groups is 2. The molecular weight excluding hydrogens is 366 g/mol. The van der Waals surface area contributed by atoms with Gasteiger partial charge in [0.25, 0.3) is 0 Å². The third kappa shape index (κ3) is 6.16. The minimum Gasteiger partial charge on any atom is -0.241 e. The summed E-state index contributed by atoms with van der Waals surface area (Å²) in [5.41, 5.74) is 3.48. The molecule has 0 unspecified atom stereocenters. The molecule has 0 aliphatic rings. The van der Waals surface area contributed by atoms with Crippen molar-refractivity contribution in [3.05, 3.63) is 101 Å². The highest BCUT2D eigenvalue weighted by molar-refractivity contribution is 8.14. The molecule has 0 radical (unpaired) electrons. The van der Waals surface area contributed by atoms with Crippen LogP contribution >= 0.6 is 23.5 Å². The van der Waals surface area contributed by atoms with E-state index in [4.69, 9.17) is 4.99 Å². The Labute approximate surface area is 170 Å². The fraction of sp³-hybridized carbons (Fsp3) is 0.125. The van der Waals surface area contributed by atoms with Crippen molar-refractivity contribution in [3.8, 4) is 0 Å². The van der Waals surface area contributed by atoms with Crippen molar-refractivity contribution >= 4 is 34.3 Å². The lowest BCUT2D eigenvalue weighted by atomic mass is 10.1. The van der Waals surface area contributed by atoms with Crippen LogP contribution in [-0.4, -0.2) is 5.04 Å². The molecule has 0 heterocycles. The Morgan fingerprint density at radius 3 is 2.00 bits per heavy atom. The van der Waals surface area contributed by atoms with E-state index in [-0.39, 0.29) is 0 Å². The van der Waals surface area contributed by atoms with Crippen LogP contribution in [0, 0.1) is 0 Å². The van der Waals surface area contributed by atoms with Gasteiger partial charge in [0.1, 0.15) is 5.04 Å². The number of hydrogen-bond donors (Lipinski definition) is 0. The van der Waals surface area contributed by atoms with Crippen molar-refractivity contribution in [3.63, 3.8) is 0 Å². The first kappa shape index (κ1) is 19.5. The molecule has 3 heteroatoms. The van der Waals surface area contributed by atoms with Crippen molar-refractivity contribution < 1.29 is 0 Å². The fourth-order valence-electron chi connectivity index (χ4n) is 2.42. The lowest BCUT2D eigenvalue weighted by Gasteiger charge is -2.08. The van der Waals surface area contributed by atoms with Crippen LogP contribution in [0.25, 0.3) is 0 Å². The zero-order valence-corrected chi connectivity index (χ0v) is 17.3. The molecule has 136 valence electrons. The van der Waals surface area contributed by atoms with Crippen LogP contribution in [0.15, 0.2) is 111 Å². The van der Waals surface area contributed by atoms with Gasteiger partial charge in [-0.3, -0.25) is 0 Å². The number of nitrogens with zero attached hydrogens (tertiary/aromatic N) is 1. The fourth-order valence-corrected chi connectivity index (χ4v) is 4.12. The number of hydrogen-bond acceptors (Lipinski definition) is 3. The predicted molar refractivity (Wildman–Crippen MR) is 121 cm³/mol. The third-order valence-corrected chi connectivity index (χ3v) is 6.12. The van der Waals surface area contributed by atoms with Crippen LogP contribution in [0.5, 0.6) is 0 Å². The summed E-state index contributed by atoms with van der Waals surface area (Å²) in [7, 11) is 0. The molecule has 27 heavy (non-hydrogen) atoms. The zero-order chi connectivity index (χ0) is 18.9. The van der Waals surface area contributed by atoms with Gasteiger partial charge in [-0.1, -0.05) is 79.0 Å². The standard InChI is InChI=1S/C24H23NS2/c1-3-20-14-16-21(17-15-20)25-24(27-23-12-8-5-9-13-23)19(2)18-26-22-10-6-4-7-11-22/h4-18H,3H2,1-2H3/b19-18+,25-24?. The summed E-state index contributed by atoms with van der Waals surface area (Å²) >= 11 is 3.43. The van der Waals surface area contributed by atoms with Crippen molar-refractivity contribution in [2.75, 3.05) is 0 Å². The Bertz CT molecular complexity index is 898. The number of aryl methyl sites for hydroxylation is 1. The van der Waals surface area contributed by atoms with Crippen molar-refractivity contribution in [1.82, 2.24) is 0 Å². The maximum Gasteiger partial charge on any atom is 0.105 e. The van der Waals surface area contributed by atoms with Crippen LogP contribution < -0.4 is 0 Å².